The van der Waals surface area contributed by atoms with E-state index in [2.05, 4.69) is 11.0 Å². The van der Waals surface area contributed by atoms with Gasteiger partial charge < -0.3 is 14.2 Å². The van der Waals surface area contributed by atoms with Gasteiger partial charge in [-0.15, -0.1) is 0 Å². The average molecular weight is 502 g/mol. The molecule has 3 aliphatic heterocycles. The molecule has 1 aromatic heterocycles. The zero-order chi connectivity index (χ0) is 22.9. The van der Waals surface area contributed by atoms with Gasteiger partial charge >= 0.3 is 0 Å². The van der Waals surface area contributed by atoms with Gasteiger partial charge in [0.2, 0.25) is 0 Å². The van der Waals surface area contributed by atoms with Gasteiger partial charge in [-0.2, -0.15) is 11.8 Å². The van der Waals surface area contributed by atoms with Crippen LogP contribution in [0.15, 0.2) is 34.0 Å². The highest BCUT2D eigenvalue weighted by Crippen LogP contribution is 2.37. The van der Waals surface area contributed by atoms with Crippen LogP contribution in [0.25, 0.3) is 17.0 Å². The van der Waals surface area contributed by atoms with Gasteiger partial charge in [0.25, 0.3) is 11.5 Å². The fourth-order valence-electron chi connectivity index (χ4n) is 4.76. The largest absolute Gasteiger partial charge is 0.376 e. The maximum atomic E-state index is 13.7. The van der Waals surface area contributed by atoms with E-state index in [9.17, 15) is 9.59 Å². The van der Waals surface area contributed by atoms with Crippen molar-refractivity contribution >= 4 is 68.6 Å². The van der Waals surface area contributed by atoms with Crippen molar-refractivity contribution < 1.29 is 9.53 Å². The van der Waals surface area contributed by atoms with E-state index in [-0.39, 0.29) is 17.6 Å². The Morgan fingerprint density at radius 2 is 2.00 bits per heavy atom. The molecule has 0 radical (unpaired) electrons. The van der Waals surface area contributed by atoms with Gasteiger partial charge in [0, 0.05) is 43.1 Å². The normalized spacial score (nSPS) is 22.8. The summed E-state index contributed by atoms with van der Waals surface area (Å²) in [6.07, 6.45) is 3.78. The number of hydrogen-bond acceptors (Lipinski definition) is 7. The van der Waals surface area contributed by atoms with Crippen LogP contribution in [-0.2, 0) is 16.1 Å². The van der Waals surface area contributed by atoms with Crippen LogP contribution < -0.4 is 10.5 Å². The van der Waals surface area contributed by atoms with Crippen molar-refractivity contribution in [2.24, 2.45) is 0 Å². The van der Waals surface area contributed by atoms with Crippen molar-refractivity contribution in [1.82, 2.24) is 9.47 Å². The van der Waals surface area contributed by atoms with E-state index in [0.29, 0.717) is 27.9 Å². The van der Waals surface area contributed by atoms with Crippen LogP contribution in [0.5, 0.6) is 0 Å². The van der Waals surface area contributed by atoms with Crippen molar-refractivity contribution in [2.75, 3.05) is 42.6 Å². The summed E-state index contributed by atoms with van der Waals surface area (Å²) in [6.45, 7) is 5.53. The summed E-state index contributed by atoms with van der Waals surface area (Å²) in [6, 6.07) is 8.07. The quantitative estimate of drug-likeness (QED) is 0.454. The molecule has 0 saturated carbocycles. The Bertz CT molecular complexity index is 1180. The minimum Gasteiger partial charge on any atom is -0.376 e. The Morgan fingerprint density at radius 1 is 1.21 bits per heavy atom. The predicted molar refractivity (Wildman–Crippen MR) is 142 cm³/mol. The van der Waals surface area contributed by atoms with E-state index in [4.69, 9.17) is 17.0 Å². The number of thioether (sulfide) groups is 2. The minimum absolute atomic E-state index is 0.0336. The lowest BCUT2D eigenvalue weighted by Crippen LogP contribution is -2.36. The highest BCUT2D eigenvalue weighted by molar-refractivity contribution is 8.26. The Balaban J connectivity index is 1.62. The molecule has 33 heavy (non-hydrogen) atoms. The first-order chi connectivity index (χ1) is 16.1. The lowest BCUT2D eigenvalue weighted by Gasteiger charge is -2.31. The third-order valence-electron chi connectivity index (χ3n) is 6.38. The number of carbonyl (C=O) groups excluding carboxylic acids is 1. The minimum atomic E-state index is -0.128. The first kappa shape index (κ1) is 23.0. The van der Waals surface area contributed by atoms with Gasteiger partial charge in [-0.05, 0) is 31.9 Å². The van der Waals surface area contributed by atoms with Gasteiger partial charge in [-0.25, -0.2) is 0 Å². The molecule has 5 rings (SSSR count). The number of benzene rings is 1. The lowest BCUT2D eigenvalue weighted by molar-refractivity contribution is -0.123. The van der Waals surface area contributed by atoms with Gasteiger partial charge in [0.1, 0.15) is 4.32 Å². The van der Waals surface area contributed by atoms with Crippen LogP contribution in [-0.4, -0.2) is 63.5 Å². The highest BCUT2D eigenvalue weighted by Gasteiger charge is 2.35. The monoisotopic (exact) mass is 501 g/mol. The number of amides is 1. The van der Waals surface area contributed by atoms with Gasteiger partial charge in [0.05, 0.1) is 34.3 Å². The Morgan fingerprint density at radius 3 is 2.73 bits per heavy atom. The molecule has 0 N–H and O–H groups in total. The summed E-state index contributed by atoms with van der Waals surface area (Å²) in [4.78, 5) is 31.5. The second kappa shape index (κ2) is 9.82. The van der Waals surface area contributed by atoms with Crippen LogP contribution in [0.3, 0.4) is 0 Å². The molecule has 1 atom stereocenters. The maximum absolute atomic E-state index is 13.7. The number of aromatic nitrogens is 1. The number of anilines is 1. The molecule has 3 saturated heterocycles. The summed E-state index contributed by atoms with van der Waals surface area (Å²) in [5.41, 5.74) is 2.39. The number of ether oxygens (including phenoxy) is 1. The Kier molecular flexibility index (Phi) is 6.83. The smallest absolute Gasteiger partial charge is 0.266 e. The van der Waals surface area contributed by atoms with Crippen molar-refractivity contribution in [3.63, 3.8) is 0 Å². The van der Waals surface area contributed by atoms with Crippen molar-refractivity contribution in [3.8, 4) is 0 Å². The number of nitrogens with zero attached hydrogens (tertiary/aromatic N) is 3. The van der Waals surface area contributed by atoms with Gasteiger partial charge in [-0.1, -0.05) is 42.2 Å². The molecular weight excluding hydrogens is 474 g/mol. The fourth-order valence-corrected chi connectivity index (χ4v) is 6.92. The molecule has 0 aliphatic carbocycles. The number of thiocarbonyl (C=S) groups is 1. The molecule has 3 fully saturated rings. The zero-order valence-electron chi connectivity index (χ0n) is 18.6. The Labute approximate surface area is 207 Å². The second-order valence-corrected chi connectivity index (χ2v) is 11.3. The average Bonchev–Trinajstić information content (AvgIpc) is 3.44. The molecule has 1 amide bonds. The molecule has 2 aromatic rings. The van der Waals surface area contributed by atoms with Crippen LogP contribution in [0.4, 0.5) is 5.69 Å². The summed E-state index contributed by atoms with van der Waals surface area (Å²) < 4.78 is 8.06. The third kappa shape index (κ3) is 4.36. The first-order valence-corrected chi connectivity index (χ1v) is 13.8. The molecular formula is C24H27N3O3S3. The standard InChI is InChI=1S/C24H27N3O3S3/c1-2-26-19-8-4-3-7-17(19)21(25-9-12-32-13-10-25)18(22(26)28)14-20-23(29)27(24(31)33-20)15-16-6-5-11-30-16/h3-4,7-8,14,16H,2,5-6,9-13,15H2,1H3. The number of aryl methyl sites for hydroxylation is 1. The number of rotatable bonds is 5. The molecule has 6 nitrogen and oxygen atoms in total. The topological polar surface area (TPSA) is 54.8 Å². The third-order valence-corrected chi connectivity index (χ3v) is 8.70. The zero-order valence-corrected chi connectivity index (χ0v) is 21.1. The van der Waals surface area contributed by atoms with Crippen molar-refractivity contribution in [2.45, 2.75) is 32.4 Å². The fraction of sp³-hybridized carbons (Fsp3) is 0.458. The molecule has 9 heteroatoms. The molecule has 0 spiro atoms. The summed E-state index contributed by atoms with van der Waals surface area (Å²) >= 11 is 8.75. The van der Waals surface area contributed by atoms with Crippen LogP contribution in [0.2, 0.25) is 0 Å². The first-order valence-electron chi connectivity index (χ1n) is 11.4. The van der Waals surface area contributed by atoms with Crippen molar-refractivity contribution in [1.29, 1.82) is 0 Å². The van der Waals surface area contributed by atoms with Crippen LogP contribution in [0, 0.1) is 0 Å². The second-order valence-electron chi connectivity index (χ2n) is 8.36. The van der Waals surface area contributed by atoms with Gasteiger partial charge in [-0.3, -0.25) is 14.5 Å². The number of pyridine rings is 1. The molecule has 3 aliphatic rings. The molecule has 1 aromatic carbocycles. The number of carbonyl (C=O) groups is 1. The maximum Gasteiger partial charge on any atom is 0.266 e. The number of hydrogen-bond donors (Lipinski definition) is 0. The molecule has 174 valence electrons. The predicted octanol–water partition coefficient (Wildman–Crippen LogP) is 3.95. The van der Waals surface area contributed by atoms with E-state index in [1.54, 1.807) is 15.5 Å². The van der Waals surface area contributed by atoms with E-state index in [1.807, 2.05) is 36.9 Å². The van der Waals surface area contributed by atoms with E-state index in [1.165, 1.54) is 11.8 Å². The van der Waals surface area contributed by atoms with Crippen LogP contribution >= 0.6 is 35.7 Å². The van der Waals surface area contributed by atoms with E-state index in [0.717, 1.165) is 60.6 Å². The molecule has 0 bridgehead atoms. The van der Waals surface area contributed by atoms with E-state index < -0.39 is 0 Å². The van der Waals surface area contributed by atoms with Crippen molar-refractivity contribution in [3.05, 3.63) is 45.1 Å². The summed E-state index contributed by atoms with van der Waals surface area (Å²) in [5, 5.41) is 1.05. The summed E-state index contributed by atoms with van der Waals surface area (Å²) in [5.74, 6) is 1.92. The molecule has 4 heterocycles. The molecule has 1 unspecified atom stereocenters. The van der Waals surface area contributed by atoms with Gasteiger partial charge in [0.15, 0.2) is 0 Å². The Hall–Kier alpha value is -1.81. The lowest BCUT2D eigenvalue weighted by atomic mass is 10.1. The number of para-hydroxylation sites is 1. The number of fused-ring (bicyclic) bond motifs is 1. The summed E-state index contributed by atoms with van der Waals surface area (Å²) in [7, 11) is 0. The van der Waals surface area contributed by atoms with Crippen LogP contribution in [0.1, 0.15) is 25.3 Å². The van der Waals surface area contributed by atoms with E-state index >= 15 is 0 Å². The SMILES string of the molecule is CCn1c(=O)c(C=C2SC(=S)N(CC3CCCO3)C2=O)c(N2CCSCC2)c2ccccc21. The highest BCUT2D eigenvalue weighted by atomic mass is 32.2.